The summed E-state index contributed by atoms with van der Waals surface area (Å²) in [4.78, 5) is 14.0. The van der Waals surface area contributed by atoms with Crippen molar-refractivity contribution < 1.29 is 23.6 Å². The zero-order valence-electron chi connectivity index (χ0n) is 13.4. The first-order valence-corrected chi connectivity index (χ1v) is 7.80. The van der Waals surface area contributed by atoms with Crippen LogP contribution in [0.25, 0.3) is 0 Å². The van der Waals surface area contributed by atoms with Gasteiger partial charge in [-0.3, -0.25) is 4.79 Å². The molecular formula is C17H19FN2O4. The molecule has 3 rings (SSSR count). The number of halogens is 1. The molecule has 7 heteroatoms. The maximum atomic E-state index is 14.2. The van der Waals surface area contributed by atoms with Crippen molar-refractivity contribution in [3.63, 3.8) is 0 Å². The molecule has 1 aliphatic rings. The van der Waals surface area contributed by atoms with Gasteiger partial charge in [0.1, 0.15) is 11.6 Å². The molecule has 1 aromatic carbocycles. The number of nitrogens with zero attached hydrogens (tertiary/aromatic N) is 2. The van der Waals surface area contributed by atoms with Gasteiger partial charge in [-0.25, -0.2) is 4.39 Å². The maximum Gasteiger partial charge on any atom is 0.254 e. The number of hydrogen-bond donors (Lipinski definition) is 1. The Hall–Kier alpha value is -2.41. The summed E-state index contributed by atoms with van der Waals surface area (Å²) in [6.07, 6.45) is 1.07. The van der Waals surface area contributed by atoms with E-state index in [-0.39, 0.29) is 24.9 Å². The zero-order chi connectivity index (χ0) is 17.1. The number of aromatic nitrogens is 1. The number of methoxy groups -OCH3 is 1. The van der Waals surface area contributed by atoms with Crippen molar-refractivity contribution in [2.24, 2.45) is 5.92 Å². The fourth-order valence-corrected chi connectivity index (χ4v) is 2.97. The number of carbonyl (C=O) groups is 1. The van der Waals surface area contributed by atoms with Gasteiger partial charge in [-0.15, -0.1) is 0 Å². The van der Waals surface area contributed by atoms with E-state index < -0.39 is 5.82 Å². The number of benzene rings is 1. The minimum Gasteiger partial charge on any atom is -0.479 e. The van der Waals surface area contributed by atoms with E-state index >= 15 is 0 Å². The Morgan fingerprint density at radius 1 is 1.54 bits per heavy atom. The Morgan fingerprint density at radius 3 is 3.08 bits per heavy atom. The van der Waals surface area contributed by atoms with Gasteiger partial charge < -0.3 is 19.3 Å². The van der Waals surface area contributed by atoms with Crippen LogP contribution in [0.2, 0.25) is 0 Å². The molecule has 0 radical (unpaired) electrons. The smallest absolute Gasteiger partial charge is 0.254 e. The van der Waals surface area contributed by atoms with E-state index in [0.717, 1.165) is 5.56 Å². The zero-order valence-corrected chi connectivity index (χ0v) is 13.4. The summed E-state index contributed by atoms with van der Waals surface area (Å²) >= 11 is 0. The molecule has 0 aliphatic carbocycles. The van der Waals surface area contributed by atoms with Crippen LogP contribution in [-0.2, 0) is 17.6 Å². The Bertz CT molecular complexity index is 731. The highest BCUT2D eigenvalue weighted by Crippen LogP contribution is 2.32. The van der Waals surface area contributed by atoms with Crippen LogP contribution >= 0.6 is 0 Å². The molecule has 2 heterocycles. The van der Waals surface area contributed by atoms with Crippen LogP contribution in [0.3, 0.4) is 0 Å². The van der Waals surface area contributed by atoms with E-state index in [1.807, 2.05) is 0 Å². The van der Waals surface area contributed by atoms with Gasteiger partial charge in [0.2, 0.25) is 5.91 Å². The Labute approximate surface area is 138 Å². The highest BCUT2D eigenvalue weighted by molar-refractivity contribution is 5.94. The molecule has 0 saturated carbocycles. The number of hydrogen-bond acceptors (Lipinski definition) is 5. The number of aliphatic hydroxyl groups excluding tert-OH is 1. The molecule has 1 unspecified atom stereocenters. The number of aliphatic hydroxyl groups is 1. The normalized spacial score (nSPS) is 16.8. The first kappa shape index (κ1) is 16.4. The van der Waals surface area contributed by atoms with Crippen molar-refractivity contribution >= 4 is 11.6 Å². The van der Waals surface area contributed by atoms with Gasteiger partial charge in [0.25, 0.3) is 5.88 Å². The topological polar surface area (TPSA) is 75.8 Å². The number of rotatable bonds is 5. The summed E-state index contributed by atoms with van der Waals surface area (Å²) in [5.41, 5.74) is 1.07. The summed E-state index contributed by atoms with van der Waals surface area (Å²) in [5, 5.41) is 13.1. The van der Waals surface area contributed by atoms with Gasteiger partial charge >= 0.3 is 0 Å². The van der Waals surface area contributed by atoms with E-state index in [2.05, 4.69) is 5.16 Å². The summed E-state index contributed by atoms with van der Waals surface area (Å²) in [7, 11) is 1.48. The number of fused-ring (bicyclic) bond motifs is 1. The number of anilines is 1. The minimum atomic E-state index is -0.418. The first-order chi connectivity index (χ1) is 11.6. The molecule has 0 bridgehead atoms. The predicted octanol–water partition coefficient (Wildman–Crippen LogP) is 1.95. The van der Waals surface area contributed by atoms with Gasteiger partial charge in [-0.05, 0) is 23.2 Å². The van der Waals surface area contributed by atoms with Crippen LogP contribution in [0.5, 0.6) is 5.88 Å². The summed E-state index contributed by atoms with van der Waals surface area (Å²) in [6, 6.07) is 6.38. The largest absolute Gasteiger partial charge is 0.479 e. The lowest BCUT2D eigenvalue weighted by molar-refractivity contribution is -0.119. The lowest BCUT2D eigenvalue weighted by atomic mass is 9.92. The van der Waals surface area contributed by atoms with E-state index in [4.69, 9.17) is 9.26 Å². The molecule has 1 aromatic heterocycles. The van der Waals surface area contributed by atoms with Crippen molar-refractivity contribution in [1.82, 2.24) is 5.16 Å². The Morgan fingerprint density at radius 2 is 2.38 bits per heavy atom. The lowest BCUT2D eigenvalue weighted by Crippen LogP contribution is -2.41. The predicted molar refractivity (Wildman–Crippen MR) is 84.4 cm³/mol. The minimum absolute atomic E-state index is 0.0426. The van der Waals surface area contributed by atoms with Crippen LogP contribution in [-0.4, -0.2) is 36.4 Å². The summed E-state index contributed by atoms with van der Waals surface area (Å²) in [5.74, 6) is 0.166. The standard InChI is InChI=1S/C17H19FN2O4/c1-23-15-8-13(24-19-15)5-6-16(22)20-9-11(10-21)7-12-3-2-4-14(18)17(12)20/h2-4,8,11,21H,5-7,9-10H2,1H3. The molecule has 1 amide bonds. The summed E-state index contributed by atoms with van der Waals surface area (Å²) < 4.78 is 24.2. The average Bonchev–Trinajstić information content (AvgIpc) is 3.07. The number of aryl methyl sites for hydroxylation is 1. The summed E-state index contributed by atoms with van der Waals surface area (Å²) in [6.45, 7) is 0.266. The monoisotopic (exact) mass is 334 g/mol. The van der Waals surface area contributed by atoms with E-state index in [1.165, 1.54) is 18.1 Å². The third-order valence-electron chi connectivity index (χ3n) is 4.18. The average molecular weight is 334 g/mol. The van der Waals surface area contributed by atoms with Crippen molar-refractivity contribution in [2.75, 3.05) is 25.2 Å². The van der Waals surface area contributed by atoms with E-state index in [1.54, 1.807) is 18.2 Å². The maximum absolute atomic E-state index is 14.2. The fourth-order valence-electron chi connectivity index (χ4n) is 2.97. The molecule has 1 N–H and O–H groups in total. The molecule has 0 saturated heterocycles. The van der Waals surface area contributed by atoms with Crippen LogP contribution in [0.1, 0.15) is 17.7 Å². The van der Waals surface area contributed by atoms with Crippen LogP contribution < -0.4 is 9.64 Å². The molecule has 24 heavy (non-hydrogen) atoms. The van der Waals surface area contributed by atoms with Gasteiger partial charge in [-0.1, -0.05) is 12.1 Å². The van der Waals surface area contributed by atoms with Crippen molar-refractivity contribution in [3.05, 3.63) is 41.4 Å². The SMILES string of the molecule is COc1cc(CCC(=O)N2CC(CO)Cc3cccc(F)c32)on1. The molecule has 0 spiro atoms. The van der Waals surface area contributed by atoms with Crippen LogP contribution in [0, 0.1) is 11.7 Å². The Kier molecular flexibility index (Phi) is 4.80. The highest BCUT2D eigenvalue weighted by atomic mass is 19.1. The van der Waals surface area contributed by atoms with Gasteiger partial charge in [0.05, 0.1) is 12.8 Å². The number of para-hydroxylation sites is 1. The van der Waals surface area contributed by atoms with Gasteiger partial charge in [0, 0.05) is 38.0 Å². The molecule has 2 aromatic rings. The number of carbonyl (C=O) groups excluding carboxylic acids is 1. The van der Waals surface area contributed by atoms with Gasteiger partial charge in [0.15, 0.2) is 0 Å². The highest BCUT2D eigenvalue weighted by Gasteiger charge is 2.30. The Balaban J connectivity index is 1.76. The lowest BCUT2D eigenvalue weighted by Gasteiger charge is -2.34. The second kappa shape index (κ2) is 7.00. The van der Waals surface area contributed by atoms with Crippen molar-refractivity contribution in [3.8, 4) is 5.88 Å². The van der Waals surface area contributed by atoms with E-state index in [9.17, 15) is 14.3 Å². The third kappa shape index (κ3) is 3.26. The number of amides is 1. The third-order valence-corrected chi connectivity index (χ3v) is 4.18. The number of ether oxygens (including phenoxy) is 1. The quantitative estimate of drug-likeness (QED) is 0.904. The molecule has 0 fully saturated rings. The van der Waals surface area contributed by atoms with Crippen molar-refractivity contribution in [2.45, 2.75) is 19.3 Å². The van der Waals surface area contributed by atoms with Crippen molar-refractivity contribution in [1.29, 1.82) is 0 Å². The molecule has 6 nitrogen and oxygen atoms in total. The molecular weight excluding hydrogens is 315 g/mol. The van der Waals surface area contributed by atoms with Gasteiger partial charge in [-0.2, -0.15) is 0 Å². The second-order valence-corrected chi connectivity index (χ2v) is 5.84. The molecule has 1 aliphatic heterocycles. The second-order valence-electron chi connectivity index (χ2n) is 5.84. The fraction of sp³-hybridized carbons (Fsp3) is 0.412. The first-order valence-electron chi connectivity index (χ1n) is 7.80. The molecule has 128 valence electrons. The molecule has 1 atom stereocenters. The van der Waals surface area contributed by atoms with Crippen LogP contribution in [0.15, 0.2) is 28.8 Å². The van der Waals surface area contributed by atoms with E-state index in [0.29, 0.717) is 36.7 Å². The van der Waals surface area contributed by atoms with Crippen LogP contribution in [0.4, 0.5) is 10.1 Å².